The number of para-hydroxylation sites is 2. The molecule has 140 valence electrons. The minimum Gasteiger partial charge on any atom is -0.340 e. The Bertz CT molecular complexity index is 910. The normalized spacial score (nSPS) is 15.4. The Kier molecular flexibility index (Phi) is 5.21. The van der Waals surface area contributed by atoms with Gasteiger partial charge in [-0.2, -0.15) is 0 Å². The Balaban J connectivity index is 1.29. The highest BCUT2D eigenvalue weighted by atomic mass is 16.2. The lowest BCUT2D eigenvalue weighted by atomic mass is 10.1. The number of imidazole rings is 1. The van der Waals surface area contributed by atoms with Crippen LogP contribution >= 0.6 is 0 Å². The lowest BCUT2D eigenvalue weighted by molar-refractivity contribution is -0.133. The van der Waals surface area contributed by atoms with Gasteiger partial charge in [-0.05, 0) is 24.1 Å². The molecule has 5 heteroatoms. The maximum atomic E-state index is 12.5. The molecule has 1 saturated heterocycles. The van der Waals surface area contributed by atoms with Crippen molar-refractivity contribution < 1.29 is 4.79 Å². The van der Waals surface area contributed by atoms with Gasteiger partial charge in [-0.3, -0.25) is 9.69 Å². The molecule has 0 unspecified atom stereocenters. The van der Waals surface area contributed by atoms with Gasteiger partial charge >= 0.3 is 0 Å². The Morgan fingerprint density at radius 2 is 1.67 bits per heavy atom. The van der Waals surface area contributed by atoms with Crippen molar-refractivity contribution in [3.05, 3.63) is 66.0 Å². The Hall–Kier alpha value is -2.66. The summed E-state index contributed by atoms with van der Waals surface area (Å²) in [5.41, 5.74) is 3.44. The number of aryl methyl sites for hydroxylation is 2. The molecule has 0 aliphatic carbocycles. The van der Waals surface area contributed by atoms with E-state index in [9.17, 15) is 4.79 Å². The smallest absolute Gasteiger partial charge is 0.222 e. The summed E-state index contributed by atoms with van der Waals surface area (Å²) in [4.78, 5) is 21.7. The summed E-state index contributed by atoms with van der Waals surface area (Å²) in [6.07, 6.45) is 1.41. The maximum Gasteiger partial charge on any atom is 0.222 e. The van der Waals surface area contributed by atoms with Gasteiger partial charge in [0.15, 0.2) is 0 Å². The number of hydrogen-bond acceptors (Lipinski definition) is 3. The molecule has 0 N–H and O–H groups in total. The second-order valence-corrected chi connectivity index (χ2v) is 7.22. The number of nitrogens with zero attached hydrogens (tertiary/aromatic N) is 4. The zero-order valence-corrected chi connectivity index (χ0v) is 15.8. The molecule has 4 rings (SSSR count). The number of benzene rings is 2. The summed E-state index contributed by atoms with van der Waals surface area (Å²) in [7, 11) is 2.08. The first-order valence-electron chi connectivity index (χ1n) is 9.65. The average molecular weight is 362 g/mol. The number of piperazine rings is 1. The van der Waals surface area contributed by atoms with Crippen LogP contribution in [0.5, 0.6) is 0 Å². The van der Waals surface area contributed by atoms with E-state index >= 15 is 0 Å². The van der Waals surface area contributed by atoms with E-state index in [0.717, 1.165) is 50.5 Å². The van der Waals surface area contributed by atoms with Crippen molar-refractivity contribution in [3.63, 3.8) is 0 Å². The molecule has 0 radical (unpaired) electrons. The summed E-state index contributed by atoms with van der Waals surface area (Å²) in [5.74, 6) is 1.35. The SMILES string of the molecule is Cn1c(CN2CCN(C(=O)CCc3ccccc3)CC2)nc2ccccc21. The van der Waals surface area contributed by atoms with Crippen molar-refractivity contribution in [3.8, 4) is 0 Å². The molecule has 0 saturated carbocycles. The number of hydrogen-bond donors (Lipinski definition) is 0. The Morgan fingerprint density at radius 3 is 2.41 bits per heavy atom. The minimum atomic E-state index is 0.265. The van der Waals surface area contributed by atoms with E-state index < -0.39 is 0 Å². The van der Waals surface area contributed by atoms with Crippen LogP contribution in [0.25, 0.3) is 11.0 Å². The van der Waals surface area contributed by atoms with Crippen LogP contribution in [0.2, 0.25) is 0 Å². The third-order valence-corrected chi connectivity index (χ3v) is 5.44. The van der Waals surface area contributed by atoms with E-state index in [-0.39, 0.29) is 5.91 Å². The van der Waals surface area contributed by atoms with Gasteiger partial charge in [-0.25, -0.2) is 4.98 Å². The third kappa shape index (κ3) is 4.03. The van der Waals surface area contributed by atoms with Crippen molar-refractivity contribution >= 4 is 16.9 Å². The number of rotatable bonds is 5. The number of carbonyl (C=O) groups is 1. The highest BCUT2D eigenvalue weighted by Crippen LogP contribution is 2.16. The lowest BCUT2D eigenvalue weighted by Gasteiger charge is -2.34. The molecular formula is C22H26N4O. The molecular weight excluding hydrogens is 336 g/mol. The van der Waals surface area contributed by atoms with Crippen LogP contribution in [0.3, 0.4) is 0 Å². The van der Waals surface area contributed by atoms with Gasteiger partial charge in [0.1, 0.15) is 5.82 Å². The van der Waals surface area contributed by atoms with Crippen LogP contribution in [-0.4, -0.2) is 51.4 Å². The van der Waals surface area contributed by atoms with Gasteiger partial charge in [0, 0.05) is 39.6 Å². The quantitative estimate of drug-likeness (QED) is 0.701. The van der Waals surface area contributed by atoms with Gasteiger partial charge in [-0.15, -0.1) is 0 Å². The fourth-order valence-corrected chi connectivity index (χ4v) is 3.75. The number of aromatic nitrogens is 2. The predicted octanol–water partition coefficient (Wildman–Crippen LogP) is 2.85. The van der Waals surface area contributed by atoms with E-state index in [0.29, 0.717) is 6.42 Å². The molecule has 1 aliphatic rings. The van der Waals surface area contributed by atoms with E-state index in [4.69, 9.17) is 4.98 Å². The molecule has 0 atom stereocenters. The van der Waals surface area contributed by atoms with Gasteiger partial charge in [0.05, 0.1) is 17.6 Å². The summed E-state index contributed by atoms with van der Waals surface area (Å²) >= 11 is 0. The summed E-state index contributed by atoms with van der Waals surface area (Å²) in [5, 5.41) is 0. The highest BCUT2D eigenvalue weighted by molar-refractivity contribution is 5.77. The first-order chi connectivity index (χ1) is 13.2. The van der Waals surface area contributed by atoms with Crippen LogP contribution in [-0.2, 0) is 24.8 Å². The van der Waals surface area contributed by atoms with Crippen LogP contribution in [0.15, 0.2) is 54.6 Å². The summed E-state index contributed by atoms with van der Waals surface area (Å²) in [6.45, 7) is 4.24. The van der Waals surface area contributed by atoms with Crippen LogP contribution in [0.4, 0.5) is 0 Å². The number of carbonyl (C=O) groups excluding carboxylic acids is 1. The Labute approximate surface area is 160 Å². The van der Waals surface area contributed by atoms with E-state index in [1.54, 1.807) is 0 Å². The van der Waals surface area contributed by atoms with E-state index in [1.165, 1.54) is 11.1 Å². The molecule has 2 aromatic carbocycles. The molecule has 2 heterocycles. The van der Waals surface area contributed by atoms with Gasteiger partial charge < -0.3 is 9.47 Å². The zero-order chi connectivity index (χ0) is 18.6. The molecule has 5 nitrogen and oxygen atoms in total. The third-order valence-electron chi connectivity index (χ3n) is 5.44. The minimum absolute atomic E-state index is 0.265. The predicted molar refractivity (Wildman–Crippen MR) is 107 cm³/mol. The second kappa shape index (κ2) is 7.92. The van der Waals surface area contributed by atoms with Crippen molar-refractivity contribution in [1.82, 2.24) is 19.4 Å². The molecule has 27 heavy (non-hydrogen) atoms. The second-order valence-electron chi connectivity index (χ2n) is 7.22. The molecule has 1 aromatic heterocycles. The first kappa shape index (κ1) is 17.7. The molecule has 1 amide bonds. The molecule has 0 bridgehead atoms. The summed E-state index contributed by atoms with van der Waals surface area (Å²) in [6, 6.07) is 18.5. The van der Waals surface area contributed by atoms with Crippen molar-refractivity contribution in [2.75, 3.05) is 26.2 Å². The fourth-order valence-electron chi connectivity index (χ4n) is 3.75. The van der Waals surface area contributed by atoms with Crippen LogP contribution in [0, 0.1) is 0 Å². The number of fused-ring (bicyclic) bond motifs is 1. The van der Waals surface area contributed by atoms with Gasteiger partial charge in [-0.1, -0.05) is 42.5 Å². The molecule has 1 fully saturated rings. The average Bonchev–Trinajstić information content (AvgIpc) is 3.03. The molecule has 1 aliphatic heterocycles. The first-order valence-corrected chi connectivity index (χ1v) is 9.65. The standard InChI is InChI=1S/C22H26N4O/c1-24-20-10-6-5-9-19(20)23-21(24)17-25-13-15-26(16-14-25)22(27)12-11-18-7-3-2-4-8-18/h2-10H,11-17H2,1H3. The van der Waals surface area contributed by atoms with Crippen molar-refractivity contribution in [2.24, 2.45) is 7.05 Å². The summed E-state index contributed by atoms with van der Waals surface area (Å²) < 4.78 is 2.17. The van der Waals surface area contributed by atoms with Gasteiger partial charge in [0.25, 0.3) is 0 Å². The maximum absolute atomic E-state index is 12.5. The van der Waals surface area contributed by atoms with E-state index in [1.807, 2.05) is 35.2 Å². The molecule has 3 aromatic rings. The van der Waals surface area contributed by atoms with E-state index in [2.05, 4.69) is 40.8 Å². The fraction of sp³-hybridized carbons (Fsp3) is 0.364. The topological polar surface area (TPSA) is 41.4 Å². The monoisotopic (exact) mass is 362 g/mol. The largest absolute Gasteiger partial charge is 0.340 e. The molecule has 0 spiro atoms. The zero-order valence-electron chi connectivity index (χ0n) is 15.8. The van der Waals surface area contributed by atoms with Gasteiger partial charge in [0.2, 0.25) is 5.91 Å². The van der Waals surface area contributed by atoms with Crippen molar-refractivity contribution in [1.29, 1.82) is 0 Å². The number of amides is 1. The Morgan fingerprint density at radius 1 is 0.963 bits per heavy atom. The van der Waals surface area contributed by atoms with Crippen LogP contribution < -0.4 is 0 Å². The highest BCUT2D eigenvalue weighted by Gasteiger charge is 2.22. The van der Waals surface area contributed by atoms with Crippen molar-refractivity contribution in [2.45, 2.75) is 19.4 Å². The lowest BCUT2D eigenvalue weighted by Crippen LogP contribution is -2.48. The van der Waals surface area contributed by atoms with Crippen LogP contribution in [0.1, 0.15) is 17.8 Å².